The van der Waals surface area contributed by atoms with Gasteiger partial charge in [0, 0.05) is 18.3 Å². The number of hydrogen-bond acceptors (Lipinski definition) is 8. The molecule has 11 heteroatoms. The number of halogens is 2. The molecule has 2 N–H and O–H groups in total. The lowest BCUT2D eigenvalue weighted by Gasteiger charge is -2.16. The molecule has 0 fully saturated rings. The lowest BCUT2D eigenvalue weighted by Crippen LogP contribution is -2.06. The number of rotatable bonds is 7. The zero-order valence-electron chi connectivity index (χ0n) is 18.7. The molecule has 3 aromatic heterocycles. The van der Waals surface area contributed by atoms with Gasteiger partial charge in [-0.05, 0) is 24.3 Å². The van der Waals surface area contributed by atoms with Gasteiger partial charge in [-0.1, -0.05) is 41.4 Å². The molecule has 0 amide bonds. The first kappa shape index (κ1) is 22.7. The molecule has 0 spiro atoms. The van der Waals surface area contributed by atoms with Crippen LogP contribution in [0.25, 0.3) is 16.9 Å². The van der Waals surface area contributed by atoms with Crippen molar-refractivity contribution in [2.75, 3.05) is 24.9 Å². The van der Waals surface area contributed by atoms with Gasteiger partial charge in [-0.15, -0.1) is 0 Å². The first-order chi connectivity index (χ1) is 17.1. The summed E-state index contributed by atoms with van der Waals surface area (Å²) in [6.45, 7) is 0. The second kappa shape index (κ2) is 9.65. The third-order valence-corrected chi connectivity index (χ3v) is 5.92. The maximum atomic E-state index is 6.60. The maximum absolute atomic E-state index is 6.60. The minimum Gasteiger partial charge on any atom is -0.495 e. The van der Waals surface area contributed by atoms with E-state index in [1.54, 1.807) is 18.3 Å². The number of imidazole rings is 1. The van der Waals surface area contributed by atoms with Crippen LogP contribution < -0.4 is 20.1 Å². The average molecular weight is 508 g/mol. The van der Waals surface area contributed by atoms with Gasteiger partial charge in [0.25, 0.3) is 0 Å². The normalized spacial score (nSPS) is 10.9. The van der Waals surface area contributed by atoms with Crippen molar-refractivity contribution >= 4 is 57.5 Å². The highest BCUT2D eigenvalue weighted by Crippen LogP contribution is 2.45. The van der Waals surface area contributed by atoms with Crippen molar-refractivity contribution in [1.82, 2.24) is 24.5 Å². The molecular weight excluding hydrogens is 489 g/mol. The van der Waals surface area contributed by atoms with E-state index in [-0.39, 0.29) is 10.0 Å². The molecule has 0 atom stereocenters. The Balaban J connectivity index is 1.63. The summed E-state index contributed by atoms with van der Waals surface area (Å²) < 4.78 is 12.6. The number of methoxy groups -OCH3 is 2. The average Bonchev–Trinajstić information content (AvgIpc) is 3.25. The van der Waals surface area contributed by atoms with Crippen molar-refractivity contribution in [1.29, 1.82) is 0 Å². The molecule has 0 aliphatic carbocycles. The van der Waals surface area contributed by atoms with Crippen LogP contribution in [0.4, 0.5) is 23.3 Å². The highest BCUT2D eigenvalue weighted by atomic mass is 35.5. The summed E-state index contributed by atoms with van der Waals surface area (Å²) >= 11 is 13.2. The van der Waals surface area contributed by atoms with Gasteiger partial charge in [0.05, 0.1) is 30.9 Å². The molecule has 0 aliphatic heterocycles. The zero-order valence-corrected chi connectivity index (χ0v) is 20.2. The summed E-state index contributed by atoms with van der Waals surface area (Å²) in [4.78, 5) is 17.8. The molecular formula is C24H19Cl2N7O2. The van der Waals surface area contributed by atoms with Crippen molar-refractivity contribution in [2.45, 2.75) is 0 Å². The highest BCUT2D eigenvalue weighted by Gasteiger charge is 2.21. The minimum absolute atomic E-state index is 0.289. The van der Waals surface area contributed by atoms with Crippen LogP contribution in [0.1, 0.15) is 0 Å². The second-order valence-electron chi connectivity index (χ2n) is 7.27. The van der Waals surface area contributed by atoms with Crippen LogP contribution in [-0.2, 0) is 0 Å². The van der Waals surface area contributed by atoms with E-state index in [4.69, 9.17) is 37.7 Å². The second-order valence-corrected chi connectivity index (χ2v) is 8.03. The van der Waals surface area contributed by atoms with Crippen molar-refractivity contribution in [3.8, 4) is 17.3 Å². The first-order valence-electron chi connectivity index (χ1n) is 10.4. The van der Waals surface area contributed by atoms with Gasteiger partial charge in [-0.3, -0.25) is 4.57 Å². The molecule has 0 aliphatic rings. The molecule has 0 unspecified atom stereocenters. The minimum atomic E-state index is 0.289. The van der Waals surface area contributed by atoms with Crippen LogP contribution in [0.15, 0.2) is 67.1 Å². The van der Waals surface area contributed by atoms with E-state index in [1.165, 1.54) is 20.5 Å². The van der Waals surface area contributed by atoms with E-state index in [0.717, 1.165) is 11.0 Å². The van der Waals surface area contributed by atoms with E-state index in [0.29, 0.717) is 40.6 Å². The van der Waals surface area contributed by atoms with Crippen LogP contribution >= 0.6 is 23.2 Å². The standard InChI is InChI=1S/C24H19Cl2N7O2/c1-34-16-11-17(35-2)22(26)23(21(16)25)32-24-30-14-7-3-4-8-15(14)33(24)20-12-19(28-13-29-20)31-18-9-5-6-10-27-18/h3-13H,1-2H3,(H,30,32)(H,27,28,29,31). The number of anilines is 4. The predicted octanol–water partition coefficient (Wildman–Crippen LogP) is 6.02. The Labute approximate surface area is 210 Å². The third kappa shape index (κ3) is 4.39. The Morgan fingerprint density at radius 3 is 2.26 bits per heavy atom. The van der Waals surface area contributed by atoms with Crippen LogP contribution in [0, 0.1) is 0 Å². The zero-order chi connectivity index (χ0) is 24.4. The molecule has 176 valence electrons. The third-order valence-electron chi connectivity index (χ3n) is 5.17. The summed E-state index contributed by atoms with van der Waals surface area (Å²) in [6.07, 6.45) is 3.17. The van der Waals surface area contributed by atoms with Gasteiger partial charge in [-0.25, -0.2) is 19.9 Å². The van der Waals surface area contributed by atoms with Crippen LogP contribution in [0.5, 0.6) is 11.5 Å². The number of pyridine rings is 1. The summed E-state index contributed by atoms with van der Waals surface area (Å²) in [5.41, 5.74) is 1.96. The fraction of sp³-hybridized carbons (Fsp3) is 0.0833. The van der Waals surface area contributed by atoms with Crippen molar-refractivity contribution in [3.05, 3.63) is 77.2 Å². The molecule has 3 heterocycles. The number of para-hydroxylation sites is 2. The van der Waals surface area contributed by atoms with E-state index in [9.17, 15) is 0 Å². The van der Waals surface area contributed by atoms with Gasteiger partial charge in [0.1, 0.15) is 45.3 Å². The molecule has 0 saturated carbocycles. The first-order valence-corrected chi connectivity index (χ1v) is 11.2. The Morgan fingerprint density at radius 2 is 1.54 bits per heavy atom. The predicted molar refractivity (Wildman–Crippen MR) is 137 cm³/mol. The summed E-state index contributed by atoms with van der Waals surface area (Å²) in [5.74, 6) is 3.04. The molecule has 5 aromatic rings. The van der Waals surface area contributed by atoms with Gasteiger partial charge in [-0.2, -0.15) is 0 Å². The van der Waals surface area contributed by atoms with Crippen molar-refractivity contribution < 1.29 is 9.47 Å². The van der Waals surface area contributed by atoms with Gasteiger partial charge in [0.2, 0.25) is 5.95 Å². The monoisotopic (exact) mass is 507 g/mol. The molecule has 5 rings (SSSR count). The Bertz CT molecular complexity index is 1480. The lowest BCUT2D eigenvalue weighted by molar-refractivity contribution is 0.395. The fourth-order valence-electron chi connectivity index (χ4n) is 3.55. The van der Waals surface area contributed by atoms with Crippen LogP contribution in [0.3, 0.4) is 0 Å². The van der Waals surface area contributed by atoms with Gasteiger partial charge in [0.15, 0.2) is 0 Å². The van der Waals surface area contributed by atoms with E-state index < -0.39 is 0 Å². The Morgan fingerprint density at radius 1 is 0.800 bits per heavy atom. The largest absolute Gasteiger partial charge is 0.495 e. The Kier molecular flexibility index (Phi) is 6.26. The van der Waals surface area contributed by atoms with E-state index >= 15 is 0 Å². The molecule has 0 radical (unpaired) electrons. The van der Waals surface area contributed by atoms with E-state index in [1.807, 2.05) is 47.0 Å². The molecule has 9 nitrogen and oxygen atoms in total. The van der Waals surface area contributed by atoms with Crippen LogP contribution in [0.2, 0.25) is 10.0 Å². The molecule has 0 saturated heterocycles. The molecule has 35 heavy (non-hydrogen) atoms. The fourth-order valence-corrected chi connectivity index (χ4v) is 4.15. The van der Waals surface area contributed by atoms with Gasteiger partial charge < -0.3 is 20.1 Å². The number of nitrogens with one attached hydrogen (secondary N) is 2. The number of fused-ring (bicyclic) bond motifs is 1. The molecule has 0 bridgehead atoms. The SMILES string of the molecule is COc1cc(OC)c(Cl)c(Nc2nc3ccccc3n2-c2cc(Nc3ccccn3)ncn2)c1Cl. The number of benzene rings is 2. The highest BCUT2D eigenvalue weighted by molar-refractivity contribution is 6.41. The van der Waals surface area contributed by atoms with Gasteiger partial charge >= 0.3 is 0 Å². The number of hydrogen-bond donors (Lipinski definition) is 2. The van der Waals surface area contributed by atoms with Crippen molar-refractivity contribution in [3.63, 3.8) is 0 Å². The van der Waals surface area contributed by atoms with Crippen LogP contribution in [-0.4, -0.2) is 38.7 Å². The summed E-state index contributed by atoms with van der Waals surface area (Å²) in [6, 6.07) is 16.7. The summed E-state index contributed by atoms with van der Waals surface area (Å²) in [7, 11) is 3.04. The quantitative estimate of drug-likeness (QED) is 0.275. The smallest absolute Gasteiger partial charge is 0.214 e. The maximum Gasteiger partial charge on any atom is 0.214 e. The lowest BCUT2D eigenvalue weighted by atomic mass is 10.2. The number of aromatic nitrogens is 5. The number of nitrogens with zero attached hydrogens (tertiary/aromatic N) is 5. The number of ether oxygens (including phenoxy) is 2. The topological polar surface area (TPSA) is 99.0 Å². The molecule has 2 aromatic carbocycles. The van der Waals surface area contributed by atoms with E-state index in [2.05, 4.69) is 25.6 Å². The summed E-state index contributed by atoms with van der Waals surface area (Å²) in [5, 5.41) is 7.01. The van der Waals surface area contributed by atoms with Crippen molar-refractivity contribution in [2.24, 2.45) is 0 Å². The Hall–Kier alpha value is -4.08.